The number of esters is 8. The molecular formula is C98H197IN8O31. The lowest BCUT2D eigenvalue weighted by molar-refractivity contribution is -0.151. The quantitative estimate of drug-likeness (QED) is 0.0107. The number of aliphatic hydroxyl groups excluding tert-OH is 1. The molecule has 8 amide bonds. The van der Waals surface area contributed by atoms with Crippen LogP contribution in [0.2, 0.25) is 0 Å². The predicted molar refractivity (Wildman–Crippen MR) is 567 cm³/mol. The average Bonchev–Trinajstić information content (AvgIpc) is 0.910. The highest BCUT2D eigenvalue weighted by molar-refractivity contribution is 14.1. The molecule has 6 atom stereocenters. The maximum Gasteiger partial charge on any atom is 0.354 e. The van der Waals surface area contributed by atoms with Crippen molar-refractivity contribution in [1.82, 2.24) is 42.5 Å². The third-order valence-corrected chi connectivity index (χ3v) is 13.9. The fourth-order valence-corrected chi connectivity index (χ4v) is 7.15. The van der Waals surface area contributed by atoms with E-state index in [1.165, 1.54) is 149 Å². The first kappa shape index (κ1) is 172. The minimum absolute atomic E-state index is 0. The number of Topliss-reactive ketones (excluding diaryl/α,β-unsaturated/α-hetero) is 1. The summed E-state index contributed by atoms with van der Waals surface area (Å²) in [6.07, 6.45) is 18.4. The molecule has 0 aromatic rings. The molecule has 2 aliphatic carbocycles. The van der Waals surface area contributed by atoms with Gasteiger partial charge >= 0.3 is 59.7 Å². The molecule has 11 N–H and O–H groups in total. The summed E-state index contributed by atoms with van der Waals surface area (Å²) in [5, 5.41) is 43.7. The molecule has 1 saturated carbocycles. The number of methoxy groups -OCH3 is 8. The van der Waals surface area contributed by atoms with Gasteiger partial charge in [-0.1, -0.05) is 171 Å². The maximum atomic E-state index is 10.8. The van der Waals surface area contributed by atoms with Gasteiger partial charge in [-0.25, -0.2) is 33.6 Å². The summed E-state index contributed by atoms with van der Waals surface area (Å²) in [4.78, 5) is 209. The highest BCUT2D eigenvalue weighted by Gasteiger charge is 2.21. The standard InChI is InChI=1S/C8H14O.C7H13NO3.C7H11NO3.C7H12O4.C7H10O4.C6H11NO3.C6H9NO3.C6H11NO3.C6H9NO3.C6H8O.C5H11NO.C5H9NO.C4H9I.C4H10.C4H8.C3H8O.C3H6.4CH4.6H2/c1-2-7-4-3-5-8(9)6-7;2*1-4-6(7(10)11-3)8-5(2)9;2*1-5(7(9)11-3)4-6(8)10-2;2*1-4(6(9)10-3)7-5(2)8;2*1-3-5(6(9)10)7-4(2)8;7-6-4-2-1-3-5-6;2*1-4(2)6-5(3)7;1-3-4(2)5;2*1-4(2)3;1-3(2)4;1-3-2;;;;;;;;;;/h7H,2-6H2,1H3;6H,4H2,1-3H3,(H,8,9);4H,1-3H3,(H,8,9);5H,4H2,1-3H3;1,4H2,2-3H3;4H,1-3H3,(H,7,8);1H2,2-3H3,(H,7,8);5H,3H2,1-2H3,(H,7,8)(H,9,10);3H,1-2H3,(H,7,8)(H,9,10);2,4H,1,3,5H2;4H,1-3H3,(H,6,7);1H2,2-3H3,(H,6,7);4H,3H2,1-2H3;4H,1-3H3;1H2,2-3H3;3-4H,1-2H3;3H,1H2,2H3;4*1H4;6*1H/b;;6-4-;;;;;;5-3-;;;;;;;;;;;;;;;;;;. The smallest absolute Gasteiger partial charge is 0.354 e. The summed E-state index contributed by atoms with van der Waals surface area (Å²) in [5.74, 6) is -5.91. The van der Waals surface area contributed by atoms with Gasteiger partial charge in [-0.3, -0.25) is 62.3 Å². The first-order chi connectivity index (χ1) is 61.6. The van der Waals surface area contributed by atoms with Crippen molar-refractivity contribution in [3.63, 3.8) is 0 Å². The second kappa shape index (κ2) is 120. The molecule has 0 radical (unpaired) electrons. The second-order valence-corrected chi connectivity index (χ2v) is 31.1. The molecule has 0 aliphatic heterocycles. The van der Waals surface area contributed by atoms with Gasteiger partial charge in [0.15, 0.2) is 5.78 Å². The Balaban J connectivity index is -0.0000000456. The largest absolute Gasteiger partial charge is 0.480 e. The number of aliphatic hydroxyl groups is 1. The summed E-state index contributed by atoms with van der Waals surface area (Å²) in [6.45, 7) is 65.6. The maximum absolute atomic E-state index is 10.8. The Morgan fingerprint density at radius 1 is 0.478 bits per heavy atom. The number of rotatable bonds is 24. The number of ketones is 2. The molecule has 0 spiro atoms. The Bertz CT molecular complexity index is 3540. The zero-order chi connectivity index (χ0) is 109. The number of allylic oxidation sites excluding steroid dienone is 7. The van der Waals surface area contributed by atoms with Crippen LogP contribution < -0.4 is 42.5 Å². The van der Waals surface area contributed by atoms with Crippen molar-refractivity contribution in [1.29, 1.82) is 0 Å². The van der Waals surface area contributed by atoms with Gasteiger partial charge in [0.25, 0.3) is 0 Å². The Hall–Kier alpha value is -11.6. The zero-order valence-electron chi connectivity index (χ0n) is 87.0. The number of nitrogens with one attached hydrogen (secondary N) is 8. The number of carbonyl (C=O) groups excluding carboxylic acids is 18. The number of hydrogen-bond acceptors (Lipinski definition) is 29. The summed E-state index contributed by atoms with van der Waals surface area (Å²) in [6, 6.07) is -1.52. The number of carboxylic acids is 2. The van der Waals surface area contributed by atoms with E-state index in [2.05, 4.69) is 177 Å². The van der Waals surface area contributed by atoms with E-state index >= 15 is 0 Å². The lowest BCUT2D eigenvalue weighted by Gasteiger charge is -2.18. The van der Waals surface area contributed by atoms with Crippen LogP contribution in [-0.2, 0) is 134 Å². The highest BCUT2D eigenvalue weighted by atomic mass is 127. The van der Waals surface area contributed by atoms with Crippen molar-refractivity contribution < 1.29 is 158 Å². The molecule has 0 aromatic carbocycles. The first-order valence-electron chi connectivity index (χ1n) is 42.5. The molecule has 2 rings (SSSR count). The molecule has 40 heteroatoms. The van der Waals surface area contributed by atoms with Gasteiger partial charge in [-0.2, -0.15) is 0 Å². The molecule has 138 heavy (non-hydrogen) atoms. The highest BCUT2D eigenvalue weighted by Crippen LogP contribution is 2.23. The second-order valence-electron chi connectivity index (χ2n) is 29.0. The van der Waals surface area contributed by atoms with Crippen LogP contribution in [0.3, 0.4) is 0 Å². The van der Waals surface area contributed by atoms with Gasteiger partial charge in [0.2, 0.25) is 47.3 Å². The number of amides is 8. The van der Waals surface area contributed by atoms with Crippen molar-refractivity contribution in [2.45, 2.75) is 341 Å². The Morgan fingerprint density at radius 3 is 1.04 bits per heavy atom. The van der Waals surface area contributed by atoms with E-state index in [4.69, 9.17) is 15.3 Å². The van der Waals surface area contributed by atoms with Crippen LogP contribution >= 0.6 is 22.6 Å². The van der Waals surface area contributed by atoms with E-state index in [1.54, 1.807) is 74.5 Å². The van der Waals surface area contributed by atoms with Crippen LogP contribution in [-0.4, -0.2) is 225 Å². The average molecular weight is 2110 g/mol. The topological polar surface area (TPSA) is 572 Å². The summed E-state index contributed by atoms with van der Waals surface area (Å²) in [7, 11) is 10.1. The number of hydrogen-bond donors (Lipinski definition) is 11. The van der Waals surface area contributed by atoms with Crippen LogP contribution in [0.4, 0.5) is 0 Å². The van der Waals surface area contributed by atoms with Crippen molar-refractivity contribution in [3.8, 4) is 0 Å². The predicted octanol–water partition coefficient (Wildman–Crippen LogP) is 16.2. The van der Waals surface area contributed by atoms with Gasteiger partial charge in [0.05, 0.1) is 75.6 Å². The zero-order valence-corrected chi connectivity index (χ0v) is 89.1. The summed E-state index contributed by atoms with van der Waals surface area (Å²) < 4.78 is 35.7. The number of carbonyl (C=O) groups is 20. The molecule has 0 bridgehead atoms. The van der Waals surface area contributed by atoms with Gasteiger partial charge in [-0.15, -0.1) is 13.2 Å². The third-order valence-electron chi connectivity index (χ3n) is 13.0. The van der Waals surface area contributed by atoms with Crippen LogP contribution in [0.25, 0.3) is 0 Å². The lowest BCUT2D eigenvalue weighted by Crippen LogP contribution is -2.39. The molecule has 1 fully saturated rings. The fourth-order valence-electron chi connectivity index (χ4n) is 7.15. The summed E-state index contributed by atoms with van der Waals surface area (Å²) >= 11 is 2.41. The molecule has 0 aromatic heterocycles. The third kappa shape index (κ3) is 167. The van der Waals surface area contributed by atoms with Gasteiger partial charge in [-0.05, 0) is 139 Å². The number of alkyl halides is 1. The number of halogens is 1. The normalized spacial score (nSPS) is 11.6. The van der Waals surface area contributed by atoms with E-state index in [-0.39, 0.29) is 139 Å². The molecule has 39 nitrogen and oxygen atoms in total. The molecule has 6 unspecified atom stereocenters. The van der Waals surface area contributed by atoms with Crippen molar-refractivity contribution in [2.75, 3.05) is 56.9 Å². The lowest BCUT2D eigenvalue weighted by atomic mass is 9.87. The van der Waals surface area contributed by atoms with Gasteiger partial charge in [0, 0.05) is 111 Å². The van der Waals surface area contributed by atoms with E-state index in [1.807, 2.05) is 40.7 Å². The molecule has 0 heterocycles. The van der Waals surface area contributed by atoms with Crippen molar-refractivity contribution in [3.05, 3.63) is 97.2 Å². The molecule has 822 valence electrons. The number of aliphatic carboxylic acids is 2. The summed E-state index contributed by atoms with van der Waals surface area (Å²) in [5.41, 5.74) is 1.98. The Labute approximate surface area is 850 Å². The molecular weight excluding hydrogens is 1910 g/mol. The molecule has 2 aliphatic rings. The van der Waals surface area contributed by atoms with Crippen LogP contribution in [0.1, 0.15) is 316 Å². The van der Waals surface area contributed by atoms with Crippen molar-refractivity contribution >= 4 is 141 Å². The van der Waals surface area contributed by atoms with Crippen LogP contribution in [0.5, 0.6) is 0 Å². The van der Waals surface area contributed by atoms with E-state index in [9.17, 15) is 95.9 Å². The minimum Gasteiger partial charge on any atom is -0.480 e. The first-order valence-corrected chi connectivity index (χ1v) is 43.7. The van der Waals surface area contributed by atoms with E-state index in [0.29, 0.717) is 30.2 Å². The fraction of sp³-hybridized carbons (Fsp3) is 0.633. The monoisotopic (exact) mass is 2110 g/mol. The van der Waals surface area contributed by atoms with Crippen LogP contribution in [0.15, 0.2) is 97.2 Å². The van der Waals surface area contributed by atoms with Gasteiger partial charge in [0.1, 0.15) is 41.0 Å². The van der Waals surface area contributed by atoms with Crippen molar-refractivity contribution in [2.24, 2.45) is 17.8 Å². The minimum atomic E-state index is -1.13. The Morgan fingerprint density at radius 2 is 0.833 bits per heavy atom. The van der Waals surface area contributed by atoms with E-state index < -0.39 is 83.7 Å². The van der Waals surface area contributed by atoms with Gasteiger partial charge < -0.3 is 95.7 Å². The SMILES string of the molecule is C.C.C.C.C/C=C(\NC(C)=O)C(=O)O.C/C=C(\NC(C)=O)C(=O)OC.C=C(C)C.C=C(C)NC(C)=O.C=C(CC(=O)OC)C(=O)OC.C=C(NC(C)=O)C(=O)OC.C=CC.CC(=O)NC(C)C.CC(C)C.CC(C)O.CCC(C)I.CCC(NC(C)=O)C(=O)O.CCC(NC(C)=O)C(=O)OC.CCC1CCCC(=O)C1.COC(=O)C(C)NC(C)=O.COC(=O)CC(C)C(=O)OC.O=C1C=CCCC1.[HH].[HH].[HH].[HH].[HH].[HH]. The van der Waals surface area contributed by atoms with Crippen LogP contribution in [0, 0.1) is 17.8 Å². The molecule has 0 saturated heterocycles. The number of carboxylic acid groups (broad SMARTS) is 2. The Kier molecular flexibility index (Phi) is 149. The number of ether oxygens (including phenoxy) is 8. The van der Waals surface area contributed by atoms with E-state index in [0.717, 1.165) is 48.4 Å².